The van der Waals surface area contributed by atoms with Crippen molar-refractivity contribution in [2.45, 2.75) is 25.7 Å². The number of hydrogen-bond donors (Lipinski definition) is 1. The lowest BCUT2D eigenvalue weighted by Crippen LogP contribution is -2.46. The van der Waals surface area contributed by atoms with E-state index in [-0.39, 0.29) is 5.91 Å². The fourth-order valence-corrected chi connectivity index (χ4v) is 2.32. The number of nitrogens with zero attached hydrogens (tertiary/aromatic N) is 2. The van der Waals surface area contributed by atoms with Crippen molar-refractivity contribution < 1.29 is 22.8 Å². The molecule has 1 aliphatic rings. The van der Waals surface area contributed by atoms with Gasteiger partial charge >= 0.3 is 12.2 Å². The normalized spacial score (nSPS) is 16.6. The Labute approximate surface area is 132 Å². The molecule has 1 aromatic carbocycles. The van der Waals surface area contributed by atoms with Gasteiger partial charge in [-0.3, -0.25) is 14.6 Å². The molecule has 1 N–H and O–H groups in total. The van der Waals surface area contributed by atoms with Gasteiger partial charge in [-0.25, -0.2) is 4.79 Å². The summed E-state index contributed by atoms with van der Waals surface area (Å²) < 4.78 is 37.6. The van der Waals surface area contributed by atoms with Crippen molar-refractivity contribution in [2.75, 3.05) is 20.1 Å². The molecule has 1 saturated heterocycles. The van der Waals surface area contributed by atoms with Gasteiger partial charge in [0.05, 0.1) is 11.6 Å². The maximum Gasteiger partial charge on any atom is 0.416 e. The third kappa shape index (κ3) is 4.01. The van der Waals surface area contributed by atoms with Crippen LogP contribution in [-0.4, -0.2) is 47.9 Å². The van der Waals surface area contributed by atoms with E-state index in [4.69, 9.17) is 0 Å². The lowest BCUT2D eigenvalue weighted by molar-refractivity contribution is -0.137. The number of rotatable bonds is 4. The summed E-state index contributed by atoms with van der Waals surface area (Å²) in [5.74, 6) is -0.325. The third-order valence-corrected chi connectivity index (χ3v) is 3.85. The number of hydrogen-bond acceptors (Lipinski definition) is 3. The summed E-state index contributed by atoms with van der Waals surface area (Å²) in [6.07, 6.45) is -4.36. The average molecular weight is 329 g/mol. The van der Waals surface area contributed by atoms with Crippen molar-refractivity contribution in [3.8, 4) is 0 Å². The van der Waals surface area contributed by atoms with Crippen LogP contribution in [0.4, 0.5) is 18.0 Å². The second-order valence-electron chi connectivity index (χ2n) is 5.51. The molecule has 1 aromatic rings. The molecule has 0 aliphatic carbocycles. The van der Waals surface area contributed by atoms with E-state index in [1.807, 2.05) is 0 Å². The van der Waals surface area contributed by atoms with Gasteiger partial charge in [-0.05, 0) is 31.7 Å². The summed E-state index contributed by atoms with van der Waals surface area (Å²) in [6, 6.07) is 3.84. The monoisotopic (exact) mass is 329 g/mol. The van der Waals surface area contributed by atoms with Gasteiger partial charge in [-0.15, -0.1) is 0 Å². The Morgan fingerprint density at radius 1 is 1.35 bits per heavy atom. The minimum Gasteiger partial charge on any atom is -0.336 e. The molecule has 1 atom stereocenters. The molecule has 1 aliphatic heterocycles. The van der Waals surface area contributed by atoms with Gasteiger partial charge in [0.25, 0.3) is 0 Å². The molecule has 5 nitrogen and oxygen atoms in total. The smallest absolute Gasteiger partial charge is 0.336 e. The van der Waals surface area contributed by atoms with Gasteiger partial charge in [0.1, 0.15) is 0 Å². The fraction of sp³-hybridized carbons (Fsp3) is 0.467. The highest BCUT2D eigenvalue weighted by Gasteiger charge is 2.32. The highest BCUT2D eigenvalue weighted by atomic mass is 19.4. The van der Waals surface area contributed by atoms with E-state index >= 15 is 0 Å². The first-order valence-corrected chi connectivity index (χ1v) is 7.15. The first-order chi connectivity index (χ1) is 10.7. The molecule has 8 heteroatoms. The SMILES string of the molecule is C[C@@H](C(=O)N1CCNC1=O)N(C)Cc1ccc(C(F)(F)F)cc1. The number of amides is 3. The van der Waals surface area contributed by atoms with Crippen LogP contribution in [0.5, 0.6) is 0 Å². The van der Waals surface area contributed by atoms with Crippen molar-refractivity contribution in [2.24, 2.45) is 0 Å². The van der Waals surface area contributed by atoms with E-state index in [9.17, 15) is 22.8 Å². The van der Waals surface area contributed by atoms with E-state index in [1.54, 1.807) is 18.9 Å². The molecule has 126 valence electrons. The zero-order valence-corrected chi connectivity index (χ0v) is 12.9. The number of alkyl halides is 3. The first kappa shape index (κ1) is 17.3. The molecule has 23 heavy (non-hydrogen) atoms. The molecule has 3 amide bonds. The summed E-state index contributed by atoms with van der Waals surface area (Å²) in [7, 11) is 1.69. The van der Waals surface area contributed by atoms with Crippen LogP contribution in [0.15, 0.2) is 24.3 Å². The van der Waals surface area contributed by atoms with Gasteiger partial charge in [0, 0.05) is 19.6 Å². The van der Waals surface area contributed by atoms with E-state index in [1.165, 1.54) is 12.1 Å². The van der Waals surface area contributed by atoms with E-state index in [0.717, 1.165) is 17.0 Å². The molecule has 1 heterocycles. The molecule has 0 aromatic heterocycles. The van der Waals surface area contributed by atoms with Gasteiger partial charge in [0.15, 0.2) is 0 Å². The van der Waals surface area contributed by atoms with Crippen molar-refractivity contribution >= 4 is 11.9 Å². The molecule has 0 bridgehead atoms. The van der Waals surface area contributed by atoms with Crippen LogP contribution in [0.1, 0.15) is 18.1 Å². The Morgan fingerprint density at radius 2 is 1.96 bits per heavy atom. The van der Waals surface area contributed by atoms with Crippen molar-refractivity contribution in [1.82, 2.24) is 15.1 Å². The molecule has 2 rings (SSSR count). The Hall–Kier alpha value is -2.09. The highest BCUT2D eigenvalue weighted by Crippen LogP contribution is 2.29. The number of likely N-dealkylation sites (N-methyl/N-ethyl adjacent to an activating group) is 1. The van der Waals surface area contributed by atoms with Gasteiger partial charge in [-0.2, -0.15) is 13.2 Å². The summed E-state index contributed by atoms with van der Waals surface area (Å²) in [5.41, 5.74) is -0.0483. The second kappa shape index (κ2) is 6.57. The van der Waals surface area contributed by atoms with Crippen LogP contribution in [0.3, 0.4) is 0 Å². The number of urea groups is 1. The summed E-state index contributed by atoms with van der Waals surface area (Å²) >= 11 is 0. The number of nitrogens with one attached hydrogen (secondary N) is 1. The fourth-order valence-electron chi connectivity index (χ4n) is 2.32. The number of benzene rings is 1. The molecule has 0 saturated carbocycles. The van der Waals surface area contributed by atoms with E-state index in [0.29, 0.717) is 25.2 Å². The molecule has 0 spiro atoms. The lowest BCUT2D eigenvalue weighted by atomic mass is 10.1. The number of halogens is 3. The Kier molecular flexibility index (Phi) is 4.93. The first-order valence-electron chi connectivity index (χ1n) is 7.15. The molecule has 0 unspecified atom stereocenters. The lowest BCUT2D eigenvalue weighted by Gasteiger charge is -2.26. The Bertz CT molecular complexity index is 587. The van der Waals surface area contributed by atoms with Crippen LogP contribution in [0.2, 0.25) is 0 Å². The van der Waals surface area contributed by atoms with Crippen LogP contribution < -0.4 is 5.32 Å². The molecular formula is C15H18F3N3O2. The summed E-state index contributed by atoms with van der Waals surface area (Å²) in [4.78, 5) is 26.6. The van der Waals surface area contributed by atoms with Crippen LogP contribution in [0, 0.1) is 0 Å². The molecular weight excluding hydrogens is 311 g/mol. The van der Waals surface area contributed by atoms with Crippen molar-refractivity contribution in [3.05, 3.63) is 35.4 Å². The van der Waals surface area contributed by atoms with Gasteiger partial charge < -0.3 is 5.32 Å². The Morgan fingerprint density at radius 3 is 2.43 bits per heavy atom. The number of carbonyl (C=O) groups excluding carboxylic acids is 2. The summed E-state index contributed by atoms with van der Waals surface area (Å²) in [5, 5.41) is 2.56. The van der Waals surface area contributed by atoms with Crippen LogP contribution in [-0.2, 0) is 17.5 Å². The minimum absolute atomic E-state index is 0.306. The highest BCUT2D eigenvalue weighted by molar-refractivity contribution is 5.98. The second-order valence-corrected chi connectivity index (χ2v) is 5.51. The summed E-state index contributed by atoms with van der Waals surface area (Å²) in [6.45, 7) is 2.73. The van der Waals surface area contributed by atoms with Crippen LogP contribution >= 0.6 is 0 Å². The number of carbonyl (C=O) groups is 2. The third-order valence-electron chi connectivity index (χ3n) is 3.85. The largest absolute Gasteiger partial charge is 0.416 e. The molecule has 1 fully saturated rings. The van der Waals surface area contributed by atoms with E-state index in [2.05, 4.69) is 5.32 Å². The van der Waals surface area contributed by atoms with Gasteiger partial charge in [0.2, 0.25) is 5.91 Å². The zero-order chi connectivity index (χ0) is 17.2. The number of imide groups is 1. The standard InChI is InChI=1S/C15H18F3N3O2/c1-10(13(22)21-8-7-19-14(21)23)20(2)9-11-3-5-12(6-4-11)15(16,17)18/h3-6,10H,7-9H2,1-2H3,(H,19,23)/t10-/m0/s1. The minimum atomic E-state index is -4.36. The molecule has 0 radical (unpaired) electrons. The predicted octanol–water partition coefficient (Wildman–Crippen LogP) is 2.08. The van der Waals surface area contributed by atoms with Crippen molar-refractivity contribution in [3.63, 3.8) is 0 Å². The van der Waals surface area contributed by atoms with E-state index < -0.39 is 23.8 Å². The van der Waals surface area contributed by atoms with Crippen LogP contribution in [0.25, 0.3) is 0 Å². The zero-order valence-electron chi connectivity index (χ0n) is 12.9. The van der Waals surface area contributed by atoms with Gasteiger partial charge in [-0.1, -0.05) is 12.1 Å². The maximum atomic E-state index is 12.5. The topological polar surface area (TPSA) is 52.7 Å². The average Bonchev–Trinajstić information content (AvgIpc) is 2.91. The maximum absolute atomic E-state index is 12.5. The Balaban J connectivity index is 1.99. The predicted molar refractivity (Wildman–Crippen MR) is 77.5 cm³/mol. The quantitative estimate of drug-likeness (QED) is 0.920. The van der Waals surface area contributed by atoms with Crippen molar-refractivity contribution in [1.29, 1.82) is 0 Å².